The molecule has 0 spiro atoms. The molecule has 19 heavy (non-hydrogen) atoms. The Hall–Kier alpha value is -1.73. The molecule has 1 atom stereocenters. The highest BCUT2D eigenvalue weighted by molar-refractivity contribution is 5.43. The summed E-state index contributed by atoms with van der Waals surface area (Å²) in [4.78, 5) is 0. The van der Waals surface area contributed by atoms with Crippen LogP contribution in [0.15, 0.2) is 18.2 Å². The zero-order valence-electron chi connectivity index (χ0n) is 11.3. The van der Waals surface area contributed by atoms with Crippen LogP contribution in [0.5, 0.6) is 11.5 Å². The summed E-state index contributed by atoms with van der Waals surface area (Å²) >= 11 is 0. The van der Waals surface area contributed by atoms with Gasteiger partial charge in [-0.2, -0.15) is 5.26 Å². The zero-order chi connectivity index (χ0) is 13.9. The van der Waals surface area contributed by atoms with Crippen molar-refractivity contribution < 1.29 is 14.6 Å². The Morgan fingerprint density at radius 3 is 3.05 bits per heavy atom. The first kappa shape index (κ1) is 13.7. The largest absolute Gasteiger partial charge is 0.493 e. The van der Waals surface area contributed by atoms with E-state index in [1.54, 1.807) is 0 Å². The number of aliphatic hydroxyl groups excluding tert-OH is 1. The van der Waals surface area contributed by atoms with E-state index in [4.69, 9.17) is 14.7 Å². The fraction of sp³-hybridized carbons (Fsp3) is 0.533. The number of nitrogens with zero attached hydrogens (tertiary/aromatic N) is 1. The summed E-state index contributed by atoms with van der Waals surface area (Å²) < 4.78 is 11.4. The normalized spacial score (nSPS) is 20.0. The van der Waals surface area contributed by atoms with Crippen LogP contribution < -0.4 is 9.47 Å². The maximum atomic E-state index is 10.1. The fourth-order valence-electron chi connectivity index (χ4n) is 2.22. The molecule has 0 saturated heterocycles. The van der Waals surface area contributed by atoms with Crippen LogP contribution >= 0.6 is 0 Å². The average Bonchev–Trinajstić information content (AvgIpc) is 2.32. The van der Waals surface area contributed by atoms with Gasteiger partial charge in [-0.1, -0.05) is 0 Å². The molecule has 4 heteroatoms. The van der Waals surface area contributed by atoms with Crippen molar-refractivity contribution in [1.82, 2.24) is 0 Å². The van der Waals surface area contributed by atoms with Gasteiger partial charge in [0.2, 0.25) is 0 Å². The highest BCUT2D eigenvalue weighted by Gasteiger charge is 2.32. The molecule has 1 aromatic carbocycles. The Bertz CT molecular complexity index is 491. The predicted molar refractivity (Wildman–Crippen MR) is 71.1 cm³/mol. The third-order valence-corrected chi connectivity index (χ3v) is 3.12. The van der Waals surface area contributed by atoms with E-state index in [1.165, 1.54) is 0 Å². The van der Waals surface area contributed by atoms with Gasteiger partial charge in [-0.05, 0) is 32.4 Å². The smallest absolute Gasteiger partial charge is 0.129 e. The molecular weight excluding hydrogens is 242 g/mol. The lowest BCUT2D eigenvalue weighted by Crippen LogP contribution is -2.34. The van der Waals surface area contributed by atoms with Gasteiger partial charge in [0.05, 0.1) is 18.8 Å². The van der Waals surface area contributed by atoms with Crippen molar-refractivity contribution in [3.8, 4) is 17.6 Å². The van der Waals surface area contributed by atoms with Gasteiger partial charge in [0.1, 0.15) is 17.1 Å². The fourth-order valence-corrected chi connectivity index (χ4v) is 2.22. The van der Waals surface area contributed by atoms with Gasteiger partial charge in [-0.25, -0.2) is 0 Å². The number of benzene rings is 1. The summed E-state index contributed by atoms with van der Waals surface area (Å²) in [5, 5.41) is 18.5. The maximum absolute atomic E-state index is 10.1. The number of nitriles is 1. The average molecular weight is 261 g/mol. The SMILES string of the molecule is CC1(C)CC(O)c2ccc(OCCCC#N)cc2O1. The molecule has 0 radical (unpaired) electrons. The molecule has 4 nitrogen and oxygen atoms in total. The molecule has 1 heterocycles. The topological polar surface area (TPSA) is 62.5 Å². The number of ether oxygens (including phenoxy) is 2. The molecule has 0 aromatic heterocycles. The summed E-state index contributed by atoms with van der Waals surface area (Å²) in [7, 11) is 0. The summed E-state index contributed by atoms with van der Waals surface area (Å²) in [5.74, 6) is 1.39. The lowest BCUT2D eigenvalue weighted by Gasteiger charge is -2.35. The quantitative estimate of drug-likeness (QED) is 0.846. The molecule has 1 aliphatic rings. The van der Waals surface area contributed by atoms with E-state index in [-0.39, 0.29) is 5.60 Å². The van der Waals surface area contributed by atoms with Crippen LogP contribution in [0.4, 0.5) is 0 Å². The Morgan fingerprint density at radius 1 is 1.53 bits per heavy atom. The van der Waals surface area contributed by atoms with Crippen molar-refractivity contribution in [1.29, 1.82) is 5.26 Å². The molecule has 0 saturated carbocycles. The van der Waals surface area contributed by atoms with Gasteiger partial charge >= 0.3 is 0 Å². The first-order valence-corrected chi connectivity index (χ1v) is 6.52. The van der Waals surface area contributed by atoms with Crippen LogP contribution in [0.2, 0.25) is 0 Å². The number of hydrogen-bond acceptors (Lipinski definition) is 4. The van der Waals surface area contributed by atoms with Gasteiger partial charge < -0.3 is 14.6 Å². The monoisotopic (exact) mass is 261 g/mol. The number of hydrogen-bond donors (Lipinski definition) is 1. The molecule has 0 bridgehead atoms. The Morgan fingerprint density at radius 2 is 2.32 bits per heavy atom. The van der Waals surface area contributed by atoms with E-state index in [1.807, 2.05) is 32.0 Å². The first-order valence-electron chi connectivity index (χ1n) is 6.52. The van der Waals surface area contributed by atoms with Crippen LogP contribution in [-0.4, -0.2) is 17.3 Å². The minimum atomic E-state index is -0.494. The van der Waals surface area contributed by atoms with Crippen LogP contribution in [0.3, 0.4) is 0 Å². The van der Waals surface area contributed by atoms with E-state index in [2.05, 4.69) is 6.07 Å². The Labute approximate surface area is 113 Å². The van der Waals surface area contributed by atoms with E-state index >= 15 is 0 Å². The lowest BCUT2D eigenvalue weighted by atomic mass is 9.92. The second kappa shape index (κ2) is 5.50. The van der Waals surface area contributed by atoms with E-state index in [9.17, 15) is 5.11 Å². The van der Waals surface area contributed by atoms with Crippen LogP contribution in [0.25, 0.3) is 0 Å². The zero-order valence-corrected chi connectivity index (χ0v) is 11.3. The second-order valence-electron chi connectivity index (χ2n) is 5.39. The molecule has 0 amide bonds. The highest BCUT2D eigenvalue weighted by atomic mass is 16.5. The lowest BCUT2D eigenvalue weighted by molar-refractivity contribution is 0.0113. The van der Waals surface area contributed by atoms with Crippen molar-refractivity contribution in [3.05, 3.63) is 23.8 Å². The summed E-state index contributed by atoms with van der Waals surface area (Å²) in [6, 6.07) is 7.57. The van der Waals surface area contributed by atoms with Crippen molar-refractivity contribution >= 4 is 0 Å². The van der Waals surface area contributed by atoms with Crippen LogP contribution in [-0.2, 0) is 0 Å². The van der Waals surface area contributed by atoms with E-state index in [0.29, 0.717) is 37.4 Å². The summed E-state index contributed by atoms with van der Waals surface area (Å²) in [6.45, 7) is 4.43. The van der Waals surface area contributed by atoms with Crippen LogP contribution in [0, 0.1) is 11.3 Å². The molecule has 0 aliphatic carbocycles. The predicted octanol–water partition coefficient (Wildman–Crippen LogP) is 2.96. The second-order valence-corrected chi connectivity index (χ2v) is 5.39. The molecule has 0 fully saturated rings. The van der Waals surface area contributed by atoms with E-state index < -0.39 is 6.10 Å². The molecule has 1 unspecified atom stereocenters. The van der Waals surface area contributed by atoms with Gasteiger partial charge in [0.25, 0.3) is 0 Å². The van der Waals surface area contributed by atoms with Gasteiger partial charge in [0.15, 0.2) is 0 Å². The third-order valence-electron chi connectivity index (χ3n) is 3.12. The summed E-state index contributed by atoms with van der Waals surface area (Å²) in [5.41, 5.74) is 0.440. The molecule has 102 valence electrons. The highest BCUT2D eigenvalue weighted by Crippen LogP contribution is 2.40. The Balaban J connectivity index is 2.08. The van der Waals surface area contributed by atoms with E-state index in [0.717, 1.165) is 5.56 Å². The van der Waals surface area contributed by atoms with Gasteiger partial charge in [-0.15, -0.1) is 0 Å². The van der Waals surface area contributed by atoms with Gasteiger partial charge in [0, 0.05) is 24.5 Å². The first-order chi connectivity index (χ1) is 9.02. The molecule has 1 aliphatic heterocycles. The van der Waals surface area contributed by atoms with Crippen molar-refractivity contribution in [2.45, 2.75) is 44.8 Å². The standard InChI is InChI=1S/C15H19NO3/c1-15(2)10-13(17)12-6-5-11(9-14(12)19-15)18-8-4-3-7-16/h5-6,9,13,17H,3-4,8,10H2,1-2H3. The minimum absolute atomic E-state index is 0.369. The Kier molecular flexibility index (Phi) is 3.96. The molecule has 2 rings (SSSR count). The molecule has 1 aromatic rings. The van der Waals surface area contributed by atoms with Crippen molar-refractivity contribution in [3.63, 3.8) is 0 Å². The van der Waals surface area contributed by atoms with Crippen LogP contribution in [0.1, 0.15) is 44.8 Å². The number of aliphatic hydroxyl groups is 1. The number of fused-ring (bicyclic) bond motifs is 1. The third kappa shape index (κ3) is 3.39. The summed E-state index contributed by atoms with van der Waals surface area (Å²) in [6.07, 6.45) is 1.30. The van der Waals surface area contributed by atoms with Gasteiger partial charge in [-0.3, -0.25) is 0 Å². The van der Waals surface area contributed by atoms with Crippen molar-refractivity contribution in [2.75, 3.05) is 6.61 Å². The van der Waals surface area contributed by atoms with Crippen molar-refractivity contribution in [2.24, 2.45) is 0 Å². The molecular formula is C15H19NO3. The molecule has 1 N–H and O–H groups in total. The number of rotatable bonds is 4. The minimum Gasteiger partial charge on any atom is -0.493 e. The maximum Gasteiger partial charge on any atom is 0.129 e. The number of unbranched alkanes of at least 4 members (excludes halogenated alkanes) is 1.